The third kappa shape index (κ3) is 3.14. The minimum Gasteiger partial charge on any atom is -0.438 e. The Balaban J connectivity index is 2.25. The molecule has 0 atom stereocenters. The fourth-order valence-electron chi connectivity index (χ4n) is 3.45. The van der Waals surface area contributed by atoms with Crippen LogP contribution in [0.3, 0.4) is 0 Å². The third-order valence-electron chi connectivity index (χ3n) is 4.51. The fourth-order valence-corrected chi connectivity index (χ4v) is 4.13. The smallest absolute Gasteiger partial charge is 0.156 e. The molecule has 0 unspecified atom stereocenters. The van der Waals surface area contributed by atoms with Gasteiger partial charge in [-0.15, -0.1) is 0 Å². The number of hydrogen-bond donors (Lipinski definition) is 1. The third-order valence-corrected chi connectivity index (χ3v) is 5.18. The highest BCUT2D eigenvalue weighted by molar-refractivity contribution is 6.25. The van der Waals surface area contributed by atoms with E-state index in [1.165, 1.54) is 16.7 Å². The molecule has 23 heavy (non-hydrogen) atoms. The molecule has 0 bridgehead atoms. The molecule has 2 heteroatoms. The van der Waals surface area contributed by atoms with Crippen LogP contribution in [-0.2, 0) is 5.41 Å². The lowest BCUT2D eigenvalue weighted by Crippen LogP contribution is -2.29. The van der Waals surface area contributed by atoms with Gasteiger partial charge >= 0.3 is 0 Å². The van der Waals surface area contributed by atoms with Crippen molar-refractivity contribution in [3.63, 3.8) is 0 Å². The molecule has 0 saturated heterocycles. The molecule has 0 aliphatic heterocycles. The second kappa shape index (κ2) is 7.40. The second-order valence-electron chi connectivity index (χ2n) is 5.83. The Labute approximate surface area is 140 Å². The van der Waals surface area contributed by atoms with Crippen molar-refractivity contribution in [3.05, 3.63) is 108 Å². The van der Waals surface area contributed by atoms with E-state index in [2.05, 4.69) is 91.0 Å². The minimum absolute atomic E-state index is 0.195. The van der Waals surface area contributed by atoms with Crippen molar-refractivity contribution in [1.82, 2.24) is 0 Å². The summed E-state index contributed by atoms with van der Waals surface area (Å²) in [4.78, 5) is 9.61. The van der Waals surface area contributed by atoms with Gasteiger partial charge in [-0.2, -0.15) is 0 Å². The van der Waals surface area contributed by atoms with Gasteiger partial charge in [0.25, 0.3) is 0 Å². The summed E-state index contributed by atoms with van der Waals surface area (Å²) in [5.41, 5.74) is 3.68. The first-order valence-corrected chi connectivity index (χ1v) is 9.78. The van der Waals surface area contributed by atoms with Gasteiger partial charge in [0.1, 0.15) is 0 Å². The van der Waals surface area contributed by atoms with Crippen molar-refractivity contribution in [2.45, 2.75) is 17.9 Å². The predicted molar refractivity (Wildman–Crippen MR) is 99.4 cm³/mol. The molecule has 1 N–H and O–H groups in total. The lowest BCUT2D eigenvalue weighted by Gasteiger charge is -2.36. The summed E-state index contributed by atoms with van der Waals surface area (Å²) in [6.07, 6.45) is 0.938. The zero-order chi connectivity index (χ0) is 16.0. The molecule has 0 aliphatic carbocycles. The van der Waals surface area contributed by atoms with Crippen LogP contribution in [0, 0.1) is 0 Å². The zero-order valence-corrected chi connectivity index (χ0v) is 14.6. The first-order chi connectivity index (χ1) is 11.4. The average molecular weight is 318 g/mol. The van der Waals surface area contributed by atoms with Crippen molar-refractivity contribution < 1.29 is 4.80 Å². The standard InChI is InChI=1S/C21H22OSi/c22-23-17-16-21(18-10-4-1-5-11-18,19-12-6-2-7-13-19)20-14-8-3-9-15-20/h1-15,22H,16-17,23H2. The van der Waals surface area contributed by atoms with Crippen LogP contribution in [0.4, 0.5) is 0 Å². The maximum Gasteiger partial charge on any atom is 0.156 e. The molecule has 0 heterocycles. The van der Waals surface area contributed by atoms with Gasteiger partial charge in [-0.05, 0) is 29.2 Å². The number of rotatable bonds is 6. The quantitative estimate of drug-likeness (QED) is 0.540. The summed E-state index contributed by atoms with van der Waals surface area (Å²) >= 11 is 0. The molecule has 0 saturated carbocycles. The molecule has 3 rings (SSSR count). The Bertz CT molecular complexity index is 614. The van der Waals surface area contributed by atoms with E-state index in [0.717, 1.165) is 12.5 Å². The van der Waals surface area contributed by atoms with Crippen molar-refractivity contribution >= 4 is 9.76 Å². The fraction of sp³-hybridized carbons (Fsp3) is 0.143. The highest BCUT2D eigenvalue weighted by atomic mass is 28.2. The summed E-state index contributed by atoms with van der Waals surface area (Å²) < 4.78 is 0. The van der Waals surface area contributed by atoms with Gasteiger partial charge in [0.05, 0.1) is 0 Å². The molecular formula is C21H22OSi. The topological polar surface area (TPSA) is 20.2 Å². The van der Waals surface area contributed by atoms with Gasteiger partial charge < -0.3 is 4.80 Å². The molecular weight excluding hydrogens is 296 g/mol. The van der Waals surface area contributed by atoms with E-state index >= 15 is 0 Å². The summed E-state index contributed by atoms with van der Waals surface area (Å²) in [7, 11) is -0.980. The van der Waals surface area contributed by atoms with E-state index in [-0.39, 0.29) is 5.41 Å². The lowest BCUT2D eigenvalue weighted by atomic mass is 9.68. The maximum atomic E-state index is 9.61. The van der Waals surface area contributed by atoms with Crippen LogP contribution in [-0.4, -0.2) is 14.6 Å². The van der Waals surface area contributed by atoms with Crippen LogP contribution in [0.25, 0.3) is 0 Å². The highest BCUT2D eigenvalue weighted by Gasteiger charge is 2.35. The first-order valence-electron chi connectivity index (χ1n) is 8.15. The average Bonchev–Trinajstić information content (AvgIpc) is 2.65. The van der Waals surface area contributed by atoms with Crippen molar-refractivity contribution in [1.29, 1.82) is 0 Å². The van der Waals surface area contributed by atoms with E-state index in [0.29, 0.717) is 0 Å². The Morgan fingerprint density at radius 3 is 1.26 bits per heavy atom. The van der Waals surface area contributed by atoms with Gasteiger partial charge in [-0.1, -0.05) is 91.0 Å². The zero-order valence-electron chi connectivity index (χ0n) is 13.2. The van der Waals surface area contributed by atoms with Crippen LogP contribution >= 0.6 is 0 Å². The monoisotopic (exact) mass is 318 g/mol. The van der Waals surface area contributed by atoms with Gasteiger partial charge in [-0.3, -0.25) is 0 Å². The van der Waals surface area contributed by atoms with Gasteiger partial charge in [-0.25, -0.2) is 0 Å². The van der Waals surface area contributed by atoms with Crippen LogP contribution in [0.2, 0.25) is 6.04 Å². The summed E-state index contributed by atoms with van der Waals surface area (Å²) in [5.74, 6) is 0. The van der Waals surface area contributed by atoms with Crippen LogP contribution in [0.5, 0.6) is 0 Å². The Kier molecular flexibility index (Phi) is 5.06. The van der Waals surface area contributed by atoms with E-state index in [1.807, 2.05) is 0 Å². The highest BCUT2D eigenvalue weighted by Crippen LogP contribution is 2.42. The minimum atomic E-state index is -0.980. The van der Waals surface area contributed by atoms with E-state index in [9.17, 15) is 4.80 Å². The number of benzene rings is 3. The van der Waals surface area contributed by atoms with Gasteiger partial charge in [0.15, 0.2) is 9.76 Å². The van der Waals surface area contributed by atoms with Gasteiger partial charge in [0.2, 0.25) is 0 Å². The molecule has 116 valence electrons. The first kappa shape index (κ1) is 15.7. The summed E-state index contributed by atoms with van der Waals surface area (Å²) in [6, 6.07) is 32.9. The Morgan fingerprint density at radius 2 is 0.957 bits per heavy atom. The molecule has 0 aliphatic rings. The van der Waals surface area contributed by atoms with Crippen molar-refractivity contribution in [3.8, 4) is 0 Å². The van der Waals surface area contributed by atoms with Crippen molar-refractivity contribution in [2.24, 2.45) is 0 Å². The molecule has 3 aromatic carbocycles. The largest absolute Gasteiger partial charge is 0.438 e. The molecule has 0 spiro atoms. The number of hydrogen-bond acceptors (Lipinski definition) is 1. The molecule has 0 fully saturated rings. The lowest BCUT2D eigenvalue weighted by molar-refractivity contribution is 0.554. The molecule has 1 nitrogen and oxygen atoms in total. The van der Waals surface area contributed by atoms with Crippen molar-refractivity contribution in [2.75, 3.05) is 0 Å². The van der Waals surface area contributed by atoms with Crippen LogP contribution in [0.1, 0.15) is 23.1 Å². The summed E-state index contributed by atoms with van der Waals surface area (Å²) in [6.45, 7) is 0. The molecule has 0 amide bonds. The van der Waals surface area contributed by atoms with E-state index < -0.39 is 9.76 Å². The van der Waals surface area contributed by atoms with E-state index in [4.69, 9.17) is 0 Å². The summed E-state index contributed by atoms with van der Waals surface area (Å²) in [5, 5.41) is 0. The normalized spacial score (nSPS) is 11.9. The van der Waals surface area contributed by atoms with E-state index in [1.54, 1.807) is 0 Å². The van der Waals surface area contributed by atoms with Crippen LogP contribution in [0.15, 0.2) is 91.0 Å². The predicted octanol–water partition coefficient (Wildman–Crippen LogP) is 3.91. The molecule has 0 radical (unpaired) electrons. The maximum absolute atomic E-state index is 9.61. The molecule has 0 aromatic heterocycles. The second-order valence-corrected chi connectivity index (χ2v) is 6.98. The van der Waals surface area contributed by atoms with Gasteiger partial charge in [0, 0.05) is 5.41 Å². The SMILES string of the molecule is O[SiH2]CCC(c1ccccc1)(c1ccccc1)c1ccccc1. The Morgan fingerprint density at radius 1 is 0.609 bits per heavy atom. The Hall–Kier alpha value is -2.16. The molecule has 3 aromatic rings. The van der Waals surface area contributed by atoms with Crippen LogP contribution < -0.4 is 0 Å².